The van der Waals surface area contributed by atoms with Gasteiger partial charge >= 0.3 is 0 Å². The van der Waals surface area contributed by atoms with Crippen LogP contribution in [0.15, 0.2) is 48.6 Å². The SMILES string of the molecule is CCCC(C)N1CC=C[C@]23S[C@]4(C)C=CCN(c5ccc(OCC)cc5)C(=O)[C@@H]4[C@H]2C(=O)N([C@@H](CO)[C@@H](C)CC)C3C1=O. The van der Waals surface area contributed by atoms with Crippen molar-refractivity contribution in [2.45, 2.75) is 88.4 Å². The van der Waals surface area contributed by atoms with Gasteiger partial charge in [0.2, 0.25) is 17.7 Å². The predicted molar refractivity (Wildman–Crippen MR) is 171 cm³/mol. The quantitative estimate of drug-likeness (QED) is 0.388. The predicted octanol–water partition coefficient (Wildman–Crippen LogP) is 4.67. The number of amides is 3. The molecule has 1 aromatic rings. The zero-order valence-corrected chi connectivity index (χ0v) is 27.2. The summed E-state index contributed by atoms with van der Waals surface area (Å²) in [6, 6.07) is 6.18. The first kappa shape index (κ1) is 31.6. The number of nitrogens with zero attached hydrogens (tertiary/aromatic N) is 3. The third-order valence-corrected chi connectivity index (χ3v) is 11.9. The molecule has 4 aliphatic rings. The zero-order chi connectivity index (χ0) is 31.1. The van der Waals surface area contributed by atoms with Crippen LogP contribution in [0.5, 0.6) is 5.75 Å². The van der Waals surface area contributed by atoms with Crippen molar-refractivity contribution in [3.63, 3.8) is 0 Å². The second kappa shape index (κ2) is 12.3. The zero-order valence-electron chi connectivity index (χ0n) is 26.4. The lowest BCUT2D eigenvalue weighted by atomic mass is 9.74. The summed E-state index contributed by atoms with van der Waals surface area (Å²) < 4.78 is 3.99. The molecule has 0 radical (unpaired) electrons. The van der Waals surface area contributed by atoms with Gasteiger partial charge in [-0.1, -0.05) is 57.9 Å². The molecular weight excluding hydrogens is 562 g/mol. The fraction of sp³-hybridized carbons (Fsp3) is 0.618. The van der Waals surface area contributed by atoms with E-state index in [2.05, 4.69) is 26.0 Å². The summed E-state index contributed by atoms with van der Waals surface area (Å²) in [5.41, 5.74) is 0.743. The van der Waals surface area contributed by atoms with Crippen LogP contribution in [0.25, 0.3) is 0 Å². The molecule has 2 unspecified atom stereocenters. The van der Waals surface area contributed by atoms with Crippen LogP contribution in [0.1, 0.15) is 60.8 Å². The van der Waals surface area contributed by atoms with Gasteiger partial charge in [0.25, 0.3) is 0 Å². The lowest BCUT2D eigenvalue weighted by Crippen LogP contribution is -2.59. The smallest absolute Gasteiger partial charge is 0.247 e. The average Bonchev–Trinajstić information content (AvgIpc) is 3.25. The summed E-state index contributed by atoms with van der Waals surface area (Å²) in [6.45, 7) is 13.4. The van der Waals surface area contributed by atoms with Gasteiger partial charge in [0.05, 0.1) is 35.8 Å². The number of hydrogen-bond donors (Lipinski definition) is 1. The number of carbonyl (C=O) groups excluding carboxylic acids is 3. The number of carbonyl (C=O) groups is 3. The van der Waals surface area contributed by atoms with E-state index in [4.69, 9.17) is 4.74 Å². The van der Waals surface area contributed by atoms with Crippen molar-refractivity contribution >= 4 is 35.2 Å². The highest BCUT2D eigenvalue weighted by atomic mass is 32.2. The highest BCUT2D eigenvalue weighted by Crippen LogP contribution is 2.66. The van der Waals surface area contributed by atoms with Gasteiger partial charge < -0.3 is 24.5 Å². The normalized spacial score (nSPS) is 32.2. The largest absolute Gasteiger partial charge is 0.494 e. The molecule has 0 saturated carbocycles. The molecular formula is C34H47N3O5S. The Balaban J connectivity index is 1.63. The van der Waals surface area contributed by atoms with Gasteiger partial charge in [0, 0.05) is 29.6 Å². The Bertz CT molecular complexity index is 1280. The van der Waals surface area contributed by atoms with Crippen molar-refractivity contribution < 1.29 is 24.2 Å². The van der Waals surface area contributed by atoms with E-state index in [0.717, 1.165) is 30.7 Å². The minimum Gasteiger partial charge on any atom is -0.494 e. The van der Waals surface area contributed by atoms with Gasteiger partial charge in [-0.3, -0.25) is 14.4 Å². The third kappa shape index (κ3) is 5.10. The number of aliphatic hydroxyl groups is 1. The fourth-order valence-corrected chi connectivity index (χ4v) is 9.89. The van der Waals surface area contributed by atoms with Crippen LogP contribution < -0.4 is 9.64 Å². The Kier molecular flexibility index (Phi) is 9.06. The van der Waals surface area contributed by atoms with Crippen molar-refractivity contribution in [1.29, 1.82) is 0 Å². The van der Waals surface area contributed by atoms with E-state index in [0.29, 0.717) is 19.7 Å². The van der Waals surface area contributed by atoms with Gasteiger partial charge in [0.15, 0.2) is 0 Å². The monoisotopic (exact) mass is 609 g/mol. The van der Waals surface area contributed by atoms with Crippen LogP contribution in [-0.4, -0.2) is 86.6 Å². The minimum atomic E-state index is -0.934. The summed E-state index contributed by atoms with van der Waals surface area (Å²) in [7, 11) is 0. The lowest BCUT2D eigenvalue weighted by molar-refractivity contribution is -0.148. The number of rotatable bonds is 10. The van der Waals surface area contributed by atoms with Gasteiger partial charge in [-0.25, -0.2) is 0 Å². The molecule has 0 bridgehead atoms. The summed E-state index contributed by atoms with van der Waals surface area (Å²) >= 11 is 1.59. The fourth-order valence-electron chi connectivity index (χ4n) is 7.74. The molecule has 4 aliphatic heterocycles. The number of aliphatic hydroxyl groups excluding tert-OH is 1. The number of likely N-dealkylation sites (tertiary alicyclic amines) is 1. The Labute approximate surface area is 260 Å². The number of fused-ring (bicyclic) bond motifs is 2. The van der Waals surface area contributed by atoms with E-state index in [1.54, 1.807) is 21.6 Å². The second-order valence-corrected chi connectivity index (χ2v) is 14.5. The molecule has 234 valence electrons. The highest BCUT2D eigenvalue weighted by molar-refractivity contribution is 8.02. The Hall–Kier alpha value is -2.78. The summed E-state index contributed by atoms with van der Waals surface area (Å²) in [5, 5.41) is 10.7. The molecule has 9 heteroatoms. The number of hydrogen-bond acceptors (Lipinski definition) is 6. The first-order valence-corrected chi connectivity index (χ1v) is 16.7. The molecule has 0 aromatic heterocycles. The minimum absolute atomic E-state index is 0.00798. The van der Waals surface area contributed by atoms with Crippen molar-refractivity contribution in [3.8, 4) is 5.75 Å². The standard InChI is InChI=1S/C34H47N3O5S/c1-7-12-23(5)35-19-11-18-34-28(31(40)37(29(34)32(35)41)26(21-38)22(4)8-2)27-30(39)36(20-10-17-33(27,6)43-34)24-13-15-25(16-14-24)42-9-3/h10-11,13-18,22-23,26-29,38H,7-9,12,19-21H2,1-6H3/t22-,23?,26-,27-,28-,29?,33+,34-/m0/s1. The van der Waals surface area contributed by atoms with Crippen molar-refractivity contribution in [1.82, 2.24) is 9.80 Å². The number of thioether (sulfide) groups is 1. The molecule has 43 heavy (non-hydrogen) atoms. The molecule has 1 spiro atoms. The molecule has 3 amide bonds. The number of ether oxygens (including phenoxy) is 1. The Morgan fingerprint density at radius 1 is 0.977 bits per heavy atom. The highest BCUT2D eigenvalue weighted by Gasteiger charge is 2.74. The Morgan fingerprint density at radius 3 is 2.30 bits per heavy atom. The topological polar surface area (TPSA) is 90.4 Å². The van der Waals surface area contributed by atoms with Crippen LogP contribution in [-0.2, 0) is 14.4 Å². The molecule has 1 aromatic carbocycles. The molecule has 2 saturated heterocycles. The number of benzene rings is 1. The van der Waals surface area contributed by atoms with E-state index in [1.165, 1.54) is 0 Å². The van der Waals surface area contributed by atoms with Crippen molar-refractivity contribution in [2.24, 2.45) is 17.8 Å². The summed E-state index contributed by atoms with van der Waals surface area (Å²) in [5.74, 6) is -1.13. The van der Waals surface area contributed by atoms with Gasteiger partial charge in [-0.15, -0.1) is 11.8 Å². The maximum absolute atomic E-state index is 14.8. The molecule has 5 rings (SSSR count). The van der Waals surface area contributed by atoms with Crippen molar-refractivity contribution in [3.05, 3.63) is 48.6 Å². The molecule has 2 fully saturated rings. The maximum atomic E-state index is 14.8. The molecule has 4 heterocycles. The molecule has 0 aliphatic carbocycles. The molecule has 8 atom stereocenters. The van der Waals surface area contributed by atoms with E-state index < -0.39 is 33.4 Å². The maximum Gasteiger partial charge on any atom is 0.247 e. The lowest BCUT2D eigenvalue weighted by Gasteiger charge is -2.42. The van der Waals surface area contributed by atoms with E-state index >= 15 is 0 Å². The van der Waals surface area contributed by atoms with E-state index in [1.807, 2.05) is 69.0 Å². The summed E-state index contributed by atoms with van der Waals surface area (Å²) in [4.78, 5) is 49.5. The van der Waals surface area contributed by atoms with Crippen LogP contribution >= 0.6 is 11.8 Å². The van der Waals surface area contributed by atoms with Gasteiger partial charge in [-0.05, 0) is 57.4 Å². The second-order valence-electron chi connectivity index (χ2n) is 12.7. The van der Waals surface area contributed by atoms with Crippen LogP contribution in [0, 0.1) is 17.8 Å². The number of anilines is 1. The van der Waals surface area contributed by atoms with Gasteiger partial charge in [-0.2, -0.15) is 0 Å². The van der Waals surface area contributed by atoms with Gasteiger partial charge in [0.1, 0.15) is 11.8 Å². The van der Waals surface area contributed by atoms with Crippen molar-refractivity contribution in [2.75, 3.05) is 31.2 Å². The first-order valence-electron chi connectivity index (χ1n) is 15.9. The van der Waals surface area contributed by atoms with Crippen LogP contribution in [0.2, 0.25) is 0 Å². The third-order valence-electron chi connectivity index (χ3n) is 10.1. The first-order chi connectivity index (χ1) is 20.6. The summed E-state index contributed by atoms with van der Waals surface area (Å²) in [6.07, 6.45) is 10.7. The van der Waals surface area contributed by atoms with E-state index in [-0.39, 0.29) is 36.3 Å². The molecule has 8 nitrogen and oxygen atoms in total. The van der Waals surface area contributed by atoms with E-state index in [9.17, 15) is 19.5 Å². The molecule has 1 N–H and O–H groups in total. The van der Waals surface area contributed by atoms with Crippen LogP contribution in [0.4, 0.5) is 5.69 Å². The Morgan fingerprint density at radius 2 is 1.67 bits per heavy atom. The average molecular weight is 610 g/mol. The van der Waals surface area contributed by atoms with Crippen LogP contribution in [0.3, 0.4) is 0 Å².